The van der Waals surface area contributed by atoms with E-state index >= 15 is 0 Å². The van der Waals surface area contributed by atoms with E-state index in [1.165, 1.54) is 23.1 Å². The molecular formula is C17H21N7OS2. The van der Waals surface area contributed by atoms with Crippen LogP contribution in [0.5, 0.6) is 0 Å². The molecule has 0 atom stereocenters. The topological polar surface area (TPSA) is 88.8 Å². The highest BCUT2D eigenvalue weighted by Crippen LogP contribution is 2.26. The molecule has 0 saturated heterocycles. The SMILES string of the molecule is CCn1c(SCC(=O)Nc2nnc(C)s2)nnc1-c1ccc(N(C)C)cc1. The molecule has 0 saturated carbocycles. The number of hydrogen-bond donors (Lipinski definition) is 1. The Morgan fingerprint density at radius 2 is 1.93 bits per heavy atom. The number of anilines is 2. The third-order valence-electron chi connectivity index (χ3n) is 3.78. The molecule has 2 aromatic heterocycles. The summed E-state index contributed by atoms with van der Waals surface area (Å²) in [7, 11) is 4.01. The zero-order valence-electron chi connectivity index (χ0n) is 15.6. The molecule has 8 nitrogen and oxygen atoms in total. The van der Waals surface area contributed by atoms with Gasteiger partial charge in [-0.2, -0.15) is 0 Å². The summed E-state index contributed by atoms with van der Waals surface area (Å²) in [5.41, 5.74) is 2.12. The highest BCUT2D eigenvalue weighted by molar-refractivity contribution is 7.99. The minimum atomic E-state index is -0.140. The lowest BCUT2D eigenvalue weighted by Gasteiger charge is -2.13. The molecule has 0 aliphatic heterocycles. The van der Waals surface area contributed by atoms with E-state index in [9.17, 15) is 4.79 Å². The summed E-state index contributed by atoms with van der Waals surface area (Å²) < 4.78 is 2.01. The Balaban J connectivity index is 1.69. The third kappa shape index (κ3) is 4.64. The zero-order chi connectivity index (χ0) is 19.4. The van der Waals surface area contributed by atoms with Gasteiger partial charge in [0, 0.05) is 31.9 Å². The van der Waals surface area contributed by atoms with Gasteiger partial charge in [0.15, 0.2) is 11.0 Å². The largest absolute Gasteiger partial charge is 0.378 e. The lowest BCUT2D eigenvalue weighted by Crippen LogP contribution is -2.14. The van der Waals surface area contributed by atoms with Crippen molar-refractivity contribution in [3.8, 4) is 11.4 Å². The Bertz CT molecular complexity index is 918. The number of nitrogens with zero attached hydrogens (tertiary/aromatic N) is 6. The molecule has 3 rings (SSSR count). The average molecular weight is 404 g/mol. The van der Waals surface area contributed by atoms with Crippen molar-refractivity contribution in [1.29, 1.82) is 0 Å². The maximum atomic E-state index is 12.1. The quantitative estimate of drug-likeness (QED) is 0.607. The predicted molar refractivity (Wildman–Crippen MR) is 109 cm³/mol. The van der Waals surface area contributed by atoms with Crippen molar-refractivity contribution in [3.63, 3.8) is 0 Å². The number of carbonyl (C=O) groups excluding carboxylic acids is 1. The van der Waals surface area contributed by atoms with Crippen LogP contribution < -0.4 is 10.2 Å². The summed E-state index contributed by atoms with van der Waals surface area (Å²) in [6.45, 7) is 4.60. The number of hydrogen-bond acceptors (Lipinski definition) is 8. The van der Waals surface area contributed by atoms with E-state index in [1.807, 2.05) is 61.7 Å². The highest BCUT2D eigenvalue weighted by Gasteiger charge is 2.15. The molecule has 2 heterocycles. The number of benzene rings is 1. The van der Waals surface area contributed by atoms with Crippen molar-refractivity contribution in [3.05, 3.63) is 29.3 Å². The van der Waals surface area contributed by atoms with Crippen LogP contribution in [0.4, 0.5) is 10.8 Å². The maximum Gasteiger partial charge on any atom is 0.236 e. The van der Waals surface area contributed by atoms with Gasteiger partial charge < -0.3 is 9.47 Å². The summed E-state index contributed by atoms with van der Waals surface area (Å²) in [6, 6.07) is 8.16. The maximum absolute atomic E-state index is 12.1. The second-order valence-electron chi connectivity index (χ2n) is 5.95. The monoisotopic (exact) mass is 403 g/mol. The second kappa shape index (κ2) is 8.49. The summed E-state index contributed by atoms with van der Waals surface area (Å²) in [5, 5.41) is 21.2. The van der Waals surface area contributed by atoms with Crippen LogP contribution in [0.15, 0.2) is 29.4 Å². The molecule has 0 fully saturated rings. The normalized spacial score (nSPS) is 10.8. The van der Waals surface area contributed by atoms with E-state index in [4.69, 9.17) is 0 Å². The number of amides is 1. The Labute approximate surface area is 166 Å². The third-order valence-corrected chi connectivity index (χ3v) is 5.50. The molecule has 1 N–H and O–H groups in total. The molecule has 0 aliphatic rings. The Morgan fingerprint density at radius 3 is 2.52 bits per heavy atom. The first-order chi connectivity index (χ1) is 13.0. The molecule has 0 aliphatic carbocycles. The molecule has 27 heavy (non-hydrogen) atoms. The van der Waals surface area contributed by atoms with Gasteiger partial charge in [0.1, 0.15) is 5.01 Å². The summed E-state index contributed by atoms with van der Waals surface area (Å²) in [6.07, 6.45) is 0. The van der Waals surface area contributed by atoms with E-state index < -0.39 is 0 Å². The first kappa shape index (κ1) is 19.3. The summed E-state index contributed by atoms with van der Waals surface area (Å²) >= 11 is 2.70. The number of rotatable bonds is 7. The number of thioether (sulfide) groups is 1. The van der Waals surface area contributed by atoms with E-state index in [-0.39, 0.29) is 11.7 Å². The van der Waals surface area contributed by atoms with Crippen molar-refractivity contribution >= 4 is 39.8 Å². The van der Waals surface area contributed by atoms with Gasteiger partial charge in [-0.3, -0.25) is 10.1 Å². The van der Waals surface area contributed by atoms with Crippen molar-refractivity contribution < 1.29 is 4.79 Å². The molecule has 0 unspecified atom stereocenters. The van der Waals surface area contributed by atoms with Crippen molar-refractivity contribution in [1.82, 2.24) is 25.0 Å². The molecule has 1 amide bonds. The van der Waals surface area contributed by atoms with Gasteiger partial charge in [-0.15, -0.1) is 20.4 Å². The lowest BCUT2D eigenvalue weighted by atomic mass is 10.2. The second-order valence-corrected chi connectivity index (χ2v) is 8.08. The van der Waals surface area contributed by atoms with Crippen LogP contribution in [0.3, 0.4) is 0 Å². The average Bonchev–Trinajstić information content (AvgIpc) is 3.25. The smallest absolute Gasteiger partial charge is 0.236 e. The van der Waals surface area contributed by atoms with Crippen LogP contribution in [0.1, 0.15) is 11.9 Å². The van der Waals surface area contributed by atoms with E-state index in [0.29, 0.717) is 10.3 Å². The fraction of sp³-hybridized carbons (Fsp3) is 0.353. The highest BCUT2D eigenvalue weighted by atomic mass is 32.2. The van der Waals surface area contributed by atoms with Gasteiger partial charge in [-0.1, -0.05) is 23.1 Å². The van der Waals surface area contributed by atoms with Crippen LogP contribution in [-0.4, -0.2) is 50.7 Å². The van der Waals surface area contributed by atoms with Crippen LogP contribution in [0.25, 0.3) is 11.4 Å². The Morgan fingerprint density at radius 1 is 1.19 bits per heavy atom. The van der Waals surface area contributed by atoms with Crippen LogP contribution in [0.2, 0.25) is 0 Å². The van der Waals surface area contributed by atoms with Crippen molar-refractivity contribution in [2.24, 2.45) is 0 Å². The Hall–Kier alpha value is -2.46. The Kier molecular flexibility index (Phi) is 6.07. The molecule has 3 aromatic rings. The molecule has 10 heteroatoms. The van der Waals surface area contributed by atoms with Crippen LogP contribution >= 0.6 is 23.1 Å². The van der Waals surface area contributed by atoms with Gasteiger partial charge in [-0.05, 0) is 38.1 Å². The first-order valence-electron chi connectivity index (χ1n) is 8.41. The molecule has 0 radical (unpaired) electrons. The van der Waals surface area contributed by atoms with Gasteiger partial charge in [0.05, 0.1) is 5.75 Å². The fourth-order valence-corrected chi connectivity index (χ4v) is 3.85. The number of carbonyl (C=O) groups is 1. The molecule has 142 valence electrons. The molecular weight excluding hydrogens is 382 g/mol. The summed E-state index contributed by atoms with van der Waals surface area (Å²) in [5.74, 6) is 0.889. The standard InChI is InChI=1S/C17H21N7OS2/c1-5-24-15(12-6-8-13(9-7-12)23(3)4)20-22-17(24)26-10-14(25)18-16-21-19-11(2)27-16/h6-9H,5,10H2,1-4H3,(H,18,21,25). The van der Waals surface area contributed by atoms with E-state index in [1.54, 1.807) is 0 Å². The van der Waals surface area contributed by atoms with Crippen molar-refractivity contribution in [2.75, 3.05) is 30.1 Å². The van der Waals surface area contributed by atoms with Gasteiger partial charge in [-0.25, -0.2) is 0 Å². The fourth-order valence-electron chi connectivity index (χ4n) is 2.44. The van der Waals surface area contributed by atoms with E-state index in [0.717, 1.165) is 28.6 Å². The summed E-state index contributed by atoms with van der Waals surface area (Å²) in [4.78, 5) is 14.2. The van der Waals surface area contributed by atoms with Gasteiger partial charge in [0.2, 0.25) is 11.0 Å². The number of aromatic nitrogens is 5. The minimum absolute atomic E-state index is 0.140. The number of aryl methyl sites for hydroxylation is 1. The molecule has 0 spiro atoms. The first-order valence-corrected chi connectivity index (χ1v) is 10.2. The number of nitrogens with one attached hydrogen (secondary N) is 1. The predicted octanol–water partition coefficient (Wildman–Crippen LogP) is 2.92. The van der Waals surface area contributed by atoms with E-state index in [2.05, 4.69) is 25.7 Å². The molecule has 1 aromatic carbocycles. The van der Waals surface area contributed by atoms with Crippen molar-refractivity contribution in [2.45, 2.75) is 25.5 Å². The van der Waals surface area contributed by atoms with Gasteiger partial charge in [0.25, 0.3) is 0 Å². The minimum Gasteiger partial charge on any atom is -0.378 e. The zero-order valence-corrected chi connectivity index (χ0v) is 17.3. The molecule has 0 bridgehead atoms. The van der Waals surface area contributed by atoms with Crippen LogP contribution in [-0.2, 0) is 11.3 Å². The van der Waals surface area contributed by atoms with Crippen LogP contribution in [0, 0.1) is 6.92 Å². The lowest BCUT2D eigenvalue weighted by molar-refractivity contribution is -0.113. The van der Waals surface area contributed by atoms with Gasteiger partial charge >= 0.3 is 0 Å².